The molecule has 1 fully saturated rings. The lowest BCUT2D eigenvalue weighted by Gasteiger charge is -2.21. The molecule has 26 heavy (non-hydrogen) atoms. The van der Waals surface area contributed by atoms with Gasteiger partial charge in [-0.25, -0.2) is 9.48 Å². The Morgan fingerprint density at radius 2 is 2.12 bits per heavy atom. The van der Waals surface area contributed by atoms with Crippen LogP contribution in [0.3, 0.4) is 0 Å². The number of nitrogens with one attached hydrogen (secondary N) is 1. The number of carbonyl (C=O) groups is 1. The predicted molar refractivity (Wildman–Crippen MR) is 97.0 cm³/mol. The summed E-state index contributed by atoms with van der Waals surface area (Å²) >= 11 is 0. The van der Waals surface area contributed by atoms with Crippen LogP contribution >= 0.6 is 0 Å². The summed E-state index contributed by atoms with van der Waals surface area (Å²) in [5.41, 5.74) is 1.23. The number of benzene rings is 1. The largest absolute Gasteiger partial charge is 0.497 e. The van der Waals surface area contributed by atoms with Crippen LogP contribution in [-0.2, 0) is 6.42 Å². The molecule has 0 bridgehead atoms. The standard InChI is InChI=1S/C18H26N6O2/c1-13(17-20-21-22-24(17)15-8-9-15)19-18(25)23(2)12-4-5-14-6-10-16(26-3)11-7-14/h6-7,10-11,13,15H,4-5,8-9,12H2,1-3H3,(H,19,25)/t13-/m0/s1. The van der Waals surface area contributed by atoms with E-state index in [1.807, 2.05) is 23.7 Å². The van der Waals surface area contributed by atoms with Gasteiger partial charge in [0.1, 0.15) is 5.75 Å². The smallest absolute Gasteiger partial charge is 0.317 e. The van der Waals surface area contributed by atoms with Gasteiger partial charge < -0.3 is 15.0 Å². The number of hydrogen-bond acceptors (Lipinski definition) is 5. The van der Waals surface area contributed by atoms with Gasteiger partial charge in [0, 0.05) is 13.6 Å². The molecular formula is C18H26N6O2. The van der Waals surface area contributed by atoms with Crippen LogP contribution in [0.4, 0.5) is 4.79 Å². The highest BCUT2D eigenvalue weighted by molar-refractivity contribution is 5.74. The number of aryl methyl sites for hydroxylation is 1. The minimum Gasteiger partial charge on any atom is -0.497 e. The van der Waals surface area contributed by atoms with Crippen molar-refractivity contribution < 1.29 is 9.53 Å². The zero-order valence-electron chi connectivity index (χ0n) is 15.6. The van der Waals surface area contributed by atoms with Gasteiger partial charge in [-0.3, -0.25) is 0 Å². The molecule has 1 saturated carbocycles. The van der Waals surface area contributed by atoms with E-state index in [-0.39, 0.29) is 12.1 Å². The number of rotatable bonds is 8. The fourth-order valence-electron chi connectivity index (χ4n) is 2.84. The van der Waals surface area contributed by atoms with E-state index in [4.69, 9.17) is 4.74 Å². The van der Waals surface area contributed by atoms with Crippen molar-refractivity contribution in [2.24, 2.45) is 0 Å². The van der Waals surface area contributed by atoms with E-state index >= 15 is 0 Å². The second-order valence-corrected chi connectivity index (χ2v) is 6.76. The molecule has 1 N–H and O–H groups in total. The van der Waals surface area contributed by atoms with Crippen LogP contribution in [0.15, 0.2) is 24.3 Å². The third-order valence-corrected chi connectivity index (χ3v) is 4.60. The van der Waals surface area contributed by atoms with Gasteiger partial charge in [-0.05, 0) is 60.7 Å². The number of urea groups is 1. The maximum absolute atomic E-state index is 12.4. The molecule has 1 aromatic carbocycles. The molecule has 0 radical (unpaired) electrons. The Morgan fingerprint density at radius 1 is 1.38 bits per heavy atom. The maximum Gasteiger partial charge on any atom is 0.317 e. The van der Waals surface area contributed by atoms with Crippen LogP contribution < -0.4 is 10.1 Å². The maximum atomic E-state index is 12.4. The SMILES string of the molecule is COc1ccc(CCCN(C)C(=O)N[C@@H](C)c2nnnn2C2CC2)cc1. The minimum absolute atomic E-state index is 0.113. The summed E-state index contributed by atoms with van der Waals surface area (Å²) in [7, 11) is 3.46. The van der Waals surface area contributed by atoms with Crippen LogP contribution in [0.1, 0.15) is 49.7 Å². The molecule has 8 nitrogen and oxygen atoms in total. The summed E-state index contributed by atoms with van der Waals surface area (Å²) in [6, 6.07) is 8.08. The molecule has 1 heterocycles. The normalized spacial score (nSPS) is 14.7. The molecule has 0 saturated heterocycles. The Kier molecular flexibility index (Phi) is 5.70. The number of carbonyl (C=O) groups excluding carboxylic acids is 1. The molecule has 8 heteroatoms. The van der Waals surface area contributed by atoms with Crippen LogP contribution in [0.25, 0.3) is 0 Å². The van der Waals surface area contributed by atoms with Crippen LogP contribution in [0, 0.1) is 0 Å². The van der Waals surface area contributed by atoms with E-state index in [0.717, 1.165) is 31.4 Å². The molecule has 0 unspecified atom stereocenters. The average Bonchev–Trinajstić information content (AvgIpc) is 3.38. The van der Waals surface area contributed by atoms with E-state index in [1.54, 1.807) is 19.1 Å². The number of tetrazole rings is 1. The van der Waals surface area contributed by atoms with Gasteiger partial charge >= 0.3 is 6.03 Å². The highest BCUT2D eigenvalue weighted by Gasteiger charge is 2.30. The predicted octanol–water partition coefficient (Wildman–Crippen LogP) is 2.35. The molecule has 1 atom stereocenters. The molecule has 1 aliphatic rings. The zero-order chi connectivity index (χ0) is 18.5. The highest BCUT2D eigenvalue weighted by atomic mass is 16.5. The molecule has 0 aliphatic heterocycles. The fourth-order valence-corrected chi connectivity index (χ4v) is 2.84. The molecular weight excluding hydrogens is 332 g/mol. The first-order valence-corrected chi connectivity index (χ1v) is 9.01. The lowest BCUT2D eigenvalue weighted by molar-refractivity contribution is 0.204. The van der Waals surface area contributed by atoms with Gasteiger partial charge in [0.15, 0.2) is 5.82 Å². The van der Waals surface area contributed by atoms with E-state index in [0.29, 0.717) is 18.4 Å². The summed E-state index contributed by atoms with van der Waals surface area (Å²) in [6.07, 6.45) is 4.01. The third kappa shape index (κ3) is 4.50. The van der Waals surface area contributed by atoms with Crippen molar-refractivity contribution >= 4 is 6.03 Å². The van der Waals surface area contributed by atoms with Crippen molar-refractivity contribution in [3.63, 3.8) is 0 Å². The molecule has 2 aromatic rings. The van der Waals surface area contributed by atoms with Crippen LogP contribution in [0.5, 0.6) is 5.75 Å². The van der Waals surface area contributed by atoms with Crippen molar-refractivity contribution in [2.75, 3.05) is 20.7 Å². The van der Waals surface area contributed by atoms with Crippen molar-refractivity contribution in [1.29, 1.82) is 0 Å². The van der Waals surface area contributed by atoms with Gasteiger partial charge in [0.05, 0.1) is 19.2 Å². The Bertz CT molecular complexity index is 726. The lowest BCUT2D eigenvalue weighted by atomic mass is 10.1. The number of hydrogen-bond donors (Lipinski definition) is 1. The van der Waals surface area contributed by atoms with Gasteiger partial charge in [0.25, 0.3) is 0 Å². The first-order valence-electron chi connectivity index (χ1n) is 9.01. The van der Waals surface area contributed by atoms with Crippen molar-refractivity contribution in [3.05, 3.63) is 35.7 Å². The zero-order valence-corrected chi connectivity index (χ0v) is 15.6. The second kappa shape index (κ2) is 8.16. The molecule has 1 aromatic heterocycles. The van der Waals surface area contributed by atoms with E-state index in [9.17, 15) is 4.79 Å². The monoisotopic (exact) mass is 358 g/mol. The quantitative estimate of drug-likeness (QED) is 0.783. The number of aromatic nitrogens is 4. The van der Waals surface area contributed by atoms with Crippen molar-refractivity contribution in [2.45, 2.75) is 44.7 Å². The topological polar surface area (TPSA) is 85.2 Å². The number of methoxy groups -OCH3 is 1. The van der Waals surface area contributed by atoms with Gasteiger partial charge in [-0.1, -0.05) is 12.1 Å². The Labute approximate surface area is 153 Å². The highest BCUT2D eigenvalue weighted by Crippen LogP contribution is 2.35. The average molecular weight is 358 g/mol. The Hall–Kier alpha value is -2.64. The molecule has 2 amide bonds. The third-order valence-electron chi connectivity index (χ3n) is 4.60. The summed E-state index contributed by atoms with van der Waals surface area (Å²) in [5.74, 6) is 1.57. The van der Waals surface area contributed by atoms with Crippen LogP contribution in [0.2, 0.25) is 0 Å². The van der Waals surface area contributed by atoms with Crippen LogP contribution in [-0.4, -0.2) is 51.8 Å². The number of nitrogens with zero attached hydrogens (tertiary/aromatic N) is 5. The van der Waals surface area contributed by atoms with Gasteiger partial charge in [-0.15, -0.1) is 5.10 Å². The first-order chi connectivity index (χ1) is 12.6. The minimum atomic E-state index is -0.220. The summed E-state index contributed by atoms with van der Waals surface area (Å²) in [4.78, 5) is 14.1. The molecule has 1 aliphatic carbocycles. The van der Waals surface area contributed by atoms with E-state index < -0.39 is 0 Å². The fraction of sp³-hybridized carbons (Fsp3) is 0.556. The summed E-state index contributed by atoms with van der Waals surface area (Å²) in [5, 5.41) is 14.8. The van der Waals surface area contributed by atoms with Crippen molar-refractivity contribution in [1.82, 2.24) is 30.4 Å². The van der Waals surface area contributed by atoms with Crippen molar-refractivity contribution in [3.8, 4) is 5.75 Å². The molecule has 0 spiro atoms. The number of amides is 2. The first kappa shape index (κ1) is 18.2. The van der Waals surface area contributed by atoms with Gasteiger partial charge in [-0.2, -0.15) is 0 Å². The second-order valence-electron chi connectivity index (χ2n) is 6.76. The molecule has 140 valence electrons. The Morgan fingerprint density at radius 3 is 2.77 bits per heavy atom. The van der Waals surface area contributed by atoms with E-state index in [1.165, 1.54) is 5.56 Å². The summed E-state index contributed by atoms with van der Waals surface area (Å²) in [6.45, 7) is 2.59. The Balaban J connectivity index is 1.44. The van der Waals surface area contributed by atoms with Gasteiger partial charge in [0.2, 0.25) is 0 Å². The summed E-state index contributed by atoms with van der Waals surface area (Å²) < 4.78 is 6.99. The molecule has 3 rings (SSSR count). The van der Waals surface area contributed by atoms with E-state index in [2.05, 4.69) is 33.0 Å². The lowest BCUT2D eigenvalue weighted by Crippen LogP contribution is -2.39. The number of ether oxygens (including phenoxy) is 1.